The summed E-state index contributed by atoms with van der Waals surface area (Å²) in [6.07, 6.45) is 4.47. The first-order valence-electron chi connectivity index (χ1n) is 5.86. The van der Waals surface area contributed by atoms with Crippen LogP contribution in [0.4, 0.5) is 10.1 Å². The van der Waals surface area contributed by atoms with Crippen LogP contribution < -0.4 is 4.90 Å². The Bertz CT molecular complexity index is 572. The molecule has 3 rings (SSSR count). The van der Waals surface area contributed by atoms with Crippen LogP contribution in [0.2, 0.25) is 0 Å². The van der Waals surface area contributed by atoms with Crippen LogP contribution >= 0.6 is 15.9 Å². The van der Waals surface area contributed by atoms with Gasteiger partial charge in [-0.05, 0) is 35.7 Å². The molecule has 1 aliphatic rings. The summed E-state index contributed by atoms with van der Waals surface area (Å²) in [4.78, 5) is 6.17. The third-order valence-electron chi connectivity index (χ3n) is 3.17. The monoisotopic (exact) mass is 306 g/mol. The molecule has 0 saturated carbocycles. The Morgan fingerprint density at radius 1 is 1.39 bits per heavy atom. The van der Waals surface area contributed by atoms with E-state index in [0.717, 1.165) is 34.3 Å². The summed E-state index contributed by atoms with van der Waals surface area (Å²) in [5, 5.41) is 0. The molecule has 1 aliphatic heterocycles. The molecule has 0 amide bonds. The third kappa shape index (κ3) is 2.12. The quantitative estimate of drug-likeness (QED) is 0.843. The second-order valence-corrected chi connectivity index (χ2v) is 5.34. The first-order chi connectivity index (χ1) is 8.74. The van der Waals surface area contributed by atoms with Crippen molar-refractivity contribution in [3.8, 4) is 0 Å². The second kappa shape index (κ2) is 4.69. The van der Waals surface area contributed by atoms with Crippen molar-refractivity contribution in [3.63, 3.8) is 0 Å². The van der Waals surface area contributed by atoms with Gasteiger partial charge in [0.05, 0.1) is 5.69 Å². The zero-order valence-electron chi connectivity index (χ0n) is 9.74. The Morgan fingerprint density at radius 2 is 2.28 bits per heavy atom. The molecular formula is C14H12BrFN2. The van der Waals surface area contributed by atoms with E-state index >= 15 is 0 Å². The van der Waals surface area contributed by atoms with Gasteiger partial charge in [-0.3, -0.25) is 4.98 Å². The lowest BCUT2D eigenvalue weighted by Crippen LogP contribution is -2.20. The summed E-state index contributed by atoms with van der Waals surface area (Å²) in [6, 6.07) is 7.45. The first kappa shape index (κ1) is 11.7. The summed E-state index contributed by atoms with van der Waals surface area (Å²) in [5.74, 6) is -0.152. The van der Waals surface area contributed by atoms with Crippen molar-refractivity contribution in [2.24, 2.45) is 0 Å². The van der Waals surface area contributed by atoms with E-state index in [9.17, 15) is 4.39 Å². The van der Waals surface area contributed by atoms with E-state index in [4.69, 9.17) is 0 Å². The Labute approximate surface area is 114 Å². The van der Waals surface area contributed by atoms with E-state index in [-0.39, 0.29) is 5.82 Å². The molecule has 0 N–H and O–H groups in total. The van der Waals surface area contributed by atoms with Gasteiger partial charge in [-0.15, -0.1) is 0 Å². The Hall–Kier alpha value is -1.42. The molecular weight excluding hydrogens is 295 g/mol. The minimum absolute atomic E-state index is 0.152. The van der Waals surface area contributed by atoms with Crippen LogP contribution in [-0.2, 0) is 13.0 Å². The van der Waals surface area contributed by atoms with Crippen molar-refractivity contribution in [2.75, 3.05) is 11.4 Å². The number of fused-ring (bicyclic) bond motifs is 1. The molecule has 0 saturated heterocycles. The Morgan fingerprint density at radius 3 is 3.06 bits per heavy atom. The lowest BCUT2D eigenvalue weighted by Gasteiger charge is -2.19. The smallest absolute Gasteiger partial charge is 0.147 e. The van der Waals surface area contributed by atoms with Crippen molar-refractivity contribution < 1.29 is 4.39 Å². The van der Waals surface area contributed by atoms with E-state index in [2.05, 4.69) is 25.8 Å². The van der Waals surface area contributed by atoms with E-state index in [0.29, 0.717) is 6.54 Å². The normalized spacial score (nSPS) is 13.8. The molecule has 0 spiro atoms. The van der Waals surface area contributed by atoms with E-state index < -0.39 is 0 Å². The predicted octanol–water partition coefficient (Wildman–Crippen LogP) is 3.55. The lowest BCUT2D eigenvalue weighted by atomic mass is 10.1. The van der Waals surface area contributed by atoms with Gasteiger partial charge >= 0.3 is 0 Å². The molecule has 0 aliphatic carbocycles. The van der Waals surface area contributed by atoms with E-state index in [1.54, 1.807) is 6.20 Å². The molecule has 2 aromatic rings. The standard InChI is InChI=1S/C14H12BrFN2/c15-12-6-11-3-5-18(14(11)13(16)7-12)9-10-2-1-4-17-8-10/h1-2,4,6-8H,3,5,9H2. The van der Waals surface area contributed by atoms with E-state index in [1.807, 2.05) is 24.4 Å². The summed E-state index contributed by atoms with van der Waals surface area (Å²) >= 11 is 3.33. The molecule has 0 bridgehead atoms. The van der Waals surface area contributed by atoms with Gasteiger partial charge in [-0.1, -0.05) is 22.0 Å². The fourth-order valence-corrected chi connectivity index (χ4v) is 2.88. The van der Waals surface area contributed by atoms with Crippen LogP contribution in [0, 0.1) is 5.82 Å². The second-order valence-electron chi connectivity index (χ2n) is 4.43. The van der Waals surface area contributed by atoms with Crippen LogP contribution in [-0.4, -0.2) is 11.5 Å². The highest BCUT2D eigenvalue weighted by atomic mass is 79.9. The lowest BCUT2D eigenvalue weighted by molar-refractivity contribution is 0.621. The topological polar surface area (TPSA) is 16.1 Å². The van der Waals surface area contributed by atoms with Gasteiger partial charge in [0.15, 0.2) is 0 Å². The van der Waals surface area contributed by atoms with Gasteiger partial charge in [0, 0.05) is 30.0 Å². The maximum Gasteiger partial charge on any atom is 0.147 e. The molecule has 92 valence electrons. The largest absolute Gasteiger partial charge is 0.364 e. The minimum Gasteiger partial charge on any atom is -0.364 e. The minimum atomic E-state index is -0.152. The molecule has 0 fully saturated rings. The molecule has 0 radical (unpaired) electrons. The van der Waals surface area contributed by atoms with Crippen LogP contribution in [0.25, 0.3) is 0 Å². The van der Waals surface area contributed by atoms with E-state index in [1.165, 1.54) is 6.07 Å². The number of hydrogen-bond acceptors (Lipinski definition) is 2. The fraction of sp³-hybridized carbons (Fsp3) is 0.214. The zero-order chi connectivity index (χ0) is 12.5. The molecule has 1 aromatic carbocycles. The van der Waals surface area contributed by atoms with Crippen molar-refractivity contribution in [1.29, 1.82) is 0 Å². The number of pyridine rings is 1. The predicted molar refractivity (Wildman–Crippen MR) is 73.1 cm³/mol. The number of halogens is 2. The van der Waals surface area contributed by atoms with Crippen molar-refractivity contribution >= 4 is 21.6 Å². The fourth-order valence-electron chi connectivity index (χ4n) is 2.40. The van der Waals surface area contributed by atoms with Gasteiger partial charge in [-0.25, -0.2) is 4.39 Å². The van der Waals surface area contributed by atoms with Crippen LogP contribution in [0.5, 0.6) is 0 Å². The molecule has 0 atom stereocenters. The zero-order valence-corrected chi connectivity index (χ0v) is 11.3. The molecule has 2 nitrogen and oxygen atoms in total. The highest BCUT2D eigenvalue weighted by molar-refractivity contribution is 9.10. The molecule has 1 aromatic heterocycles. The highest BCUT2D eigenvalue weighted by Gasteiger charge is 2.23. The number of nitrogens with zero attached hydrogens (tertiary/aromatic N) is 2. The van der Waals surface area contributed by atoms with Gasteiger partial charge in [0.2, 0.25) is 0 Å². The van der Waals surface area contributed by atoms with Gasteiger partial charge in [-0.2, -0.15) is 0 Å². The van der Waals surface area contributed by atoms with Crippen LogP contribution in [0.15, 0.2) is 41.1 Å². The highest BCUT2D eigenvalue weighted by Crippen LogP contribution is 2.34. The molecule has 2 heterocycles. The van der Waals surface area contributed by atoms with Crippen molar-refractivity contribution in [1.82, 2.24) is 4.98 Å². The summed E-state index contributed by atoms with van der Waals surface area (Å²) < 4.78 is 14.8. The van der Waals surface area contributed by atoms with Gasteiger partial charge < -0.3 is 4.90 Å². The average Bonchev–Trinajstić information content (AvgIpc) is 2.73. The van der Waals surface area contributed by atoms with Gasteiger partial charge in [0.1, 0.15) is 5.82 Å². The van der Waals surface area contributed by atoms with Gasteiger partial charge in [0.25, 0.3) is 0 Å². The number of aromatic nitrogens is 1. The van der Waals surface area contributed by atoms with Crippen molar-refractivity contribution in [3.05, 3.63) is 58.1 Å². The number of hydrogen-bond donors (Lipinski definition) is 0. The molecule has 0 unspecified atom stereocenters. The average molecular weight is 307 g/mol. The molecule has 18 heavy (non-hydrogen) atoms. The Balaban J connectivity index is 1.91. The summed E-state index contributed by atoms with van der Waals surface area (Å²) in [5.41, 5.74) is 2.92. The summed E-state index contributed by atoms with van der Waals surface area (Å²) in [6.45, 7) is 1.57. The van der Waals surface area contributed by atoms with Crippen molar-refractivity contribution in [2.45, 2.75) is 13.0 Å². The number of benzene rings is 1. The maximum atomic E-state index is 14.0. The third-order valence-corrected chi connectivity index (χ3v) is 3.63. The first-order valence-corrected chi connectivity index (χ1v) is 6.65. The summed E-state index contributed by atoms with van der Waals surface area (Å²) in [7, 11) is 0. The number of rotatable bonds is 2. The SMILES string of the molecule is Fc1cc(Br)cc2c1N(Cc1cccnc1)CC2. The Kier molecular flexibility index (Phi) is 3.04. The number of anilines is 1. The molecule has 4 heteroatoms. The maximum absolute atomic E-state index is 14.0. The van der Waals surface area contributed by atoms with Crippen LogP contribution in [0.1, 0.15) is 11.1 Å². The van der Waals surface area contributed by atoms with Crippen LogP contribution in [0.3, 0.4) is 0 Å².